The number of allylic oxidation sites excluding steroid dienone is 1. The average Bonchev–Trinajstić information content (AvgIpc) is 2.84. The standard InChI is InChI=1S/C11H13ClN5O6P/c12-7-6-8(16-11(13)15-7)17(5-14-6)3-1-2-4-23-10(9(18)19)24(20,21)22/h1-2,5,10H,3-4H2,(H,18,19)(H2,13,15,16)(H2,20,21,22)/b2-1-. The maximum atomic E-state index is 10.9. The van der Waals surface area contributed by atoms with Gasteiger partial charge in [-0.15, -0.1) is 0 Å². The van der Waals surface area contributed by atoms with Crippen molar-refractivity contribution in [2.45, 2.75) is 12.4 Å². The first-order chi connectivity index (χ1) is 11.2. The monoisotopic (exact) mass is 377 g/mol. The first-order valence-electron chi connectivity index (χ1n) is 6.38. The Morgan fingerprint density at radius 3 is 2.79 bits per heavy atom. The maximum absolute atomic E-state index is 10.9. The van der Waals surface area contributed by atoms with Gasteiger partial charge in [0.05, 0.1) is 12.9 Å². The lowest BCUT2D eigenvalue weighted by atomic mass is 10.5. The Bertz CT molecular complexity index is 834. The second-order valence-electron chi connectivity index (χ2n) is 4.53. The Labute approximate surface area is 139 Å². The summed E-state index contributed by atoms with van der Waals surface area (Å²) in [7, 11) is -4.89. The molecule has 0 aliphatic rings. The number of nitrogens with two attached hydrogens (primary N) is 1. The second kappa shape index (κ2) is 7.24. The molecule has 2 aromatic rings. The highest BCUT2D eigenvalue weighted by molar-refractivity contribution is 7.53. The first-order valence-corrected chi connectivity index (χ1v) is 8.44. The van der Waals surface area contributed by atoms with E-state index in [1.165, 1.54) is 12.4 Å². The van der Waals surface area contributed by atoms with Crippen LogP contribution in [0.15, 0.2) is 18.5 Å². The maximum Gasteiger partial charge on any atom is 0.365 e. The fraction of sp³-hybridized carbons (Fsp3) is 0.273. The molecule has 11 nitrogen and oxygen atoms in total. The number of imidazole rings is 1. The lowest BCUT2D eigenvalue weighted by Gasteiger charge is -2.13. The normalized spacial score (nSPS) is 13.6. The van der Waals surface area contributed by atoms with Crippen LogP contribution in [0.1, 0.15) is 0 Å². The van der Waals surface area contributed by atoms with E-state index in [4.69, 9.17) is 32.2 Å². The van der Waals surface area contributed by atoms with E-state index < -0.39 is 19.4 Å². The summed E-state index contributed by atoms with van der Waals surface area (Å²) < 4.78 is 17.2. The van der Waals surface area contributed by atoms with Crippen LogP contribution in [0, 0.1) is 0 Å². The van der Waals surface area contributed by atoms with Crippen molar-refractivity contribution in [3.63, 3.8) is 0 Å². The summed E-state index contributed by atoms with van der Waals surface area (Å²) in [6.45, 7) is -0.0210. The van der Waals surface area contributed by atoms with Crippen LogP contribution in [0.25, 0.3) is 11.2 Å². The Hall–Kier alpha value is -2.04. The molecule has 13 heteroatoms. The number of hydrogen-bond acceptors (Lipinski definition) is 7. The molecule has 2 rings (SSSR count). The number of halogens is 1. The minimum absolute atomic E-state index is 0.00694. The Morgan fingerprint density at radius 2 is 2.17 bits per heavy atom. The summed E-state index contributed by atoms with van der Waals surface area (Å²) in [5.41, 5.74) is 6.31. The molecule has 0 fully saturated rings. The summed E-state index contributed by atoms with van der Waals surface area (Å²) in [5, 5.41) is 8.81. The summed E-state index contributed by atoms with van der Waals surface area (Å²) in [5.74, 6) is -3.95. The molecule has 1 unspecified atom stereocenters. The fourth-order valence-electron chi connectivity index (χ4n) is 1.77. The highest BCUT2D eigenvalue weighted by Crippen LogP contribution is 2.41. The number of carboxylic acid groups (broad SMARTS) is 1. The SMILES string of the molecule is Nc1nc(Cl)c2ncn(C/C=C\COC(C(=O)O)P(=O)(O)O)c2n1. The molecule has 24 heavy (non-hydrogen) atoms. The van der Waals surface area contributed by atoms with Gasteiger partial charge in [0.1, 0.15) is 5.52 Å². The Morgan fingerprint density at radius 1 is 1.46 bits per heavy atom. The third-order valence-electron chi connectivity index (χ3n) is 2.77. The Kier molecular flexibility index (Phi) is 5.52. The zero-order chi connectivity index (χ0) is 17.9. The van der Waals surface area contributed by atoms with Crippen LogP contribution in [0.3, 0.4) is 0 Å². The number of nitrogens with zero attached hydrogens (tertiary/aromatic N) is 4. The minimum Gasteiger partial charge on any atom is -0.479 e. The zero-order valence-electron chi connectivity index (χ0n) is 12.0. The van der Waals surface area contributed by atoms with E-state index in [1.54, 1.807) is 10.6 Å². The van der Waals surface area contributed by atoms with Gasteiger partial charge in [-0.25, -0.2) is 9.78 Å². The number of nitrogen functional groups attached to an aromatic ring is 1. The molecule has 0 saturated carbocycles. The third kappa shape index (κ3) is 4.28. The molecule has 1 atom stereocenters. The van der Waals surface area contributed by atoms with Crippen molar-refractivity contribution in [2.24, 2.45) is 0 Å². The van der Waals surface area contributed by atoms with Crippen LogP contribution in [0.2, 0.25) is 5.15 Å². The van der Waals surface area contributed by atoms with Crippen LogP contribution in [-0.2, 0) is 20.6 Å². The van der Waals surface area contributed by atoms with Gasteiger partial charge in [0, 0.05) is 6.54 Å². The molecule has 2 heterocycles. The number of aliphatic carboxylic acids is 1. The van der Waals surface area contributed by atoms with Gasteiger partial charge in [0.2, 0.25) is 5.95 Å². The molecular formula is C11H13ClN5O6P. The number of ether oxygens (including phenoxy) is 1. The smallest absolute Gasteiger partial charge is 0.365 e. The average molecular weight is 378 g/mol. The van der Waals surface area contributed by atoms with Gasteiger partial charge in [-0.3, -0.25) is 4.57 Å². The van der Waals surface area contributed by atoms with Crippen molar-refractivity contribution in [2.75, 3.05) is 12.3 Å². The fourth-order valence-corrected chi connectivity index (χ4v) is 2.56. The van der Waals surface area contributed by atoms with Crippen LogP contribution in [0.4, 0.5) is 5.95 Å². The van der Waals surface area contributed by atoms with Crippen molar-refractivity contribution in [1.29, 1.82) is 0 Å². The topological polar surface area (TPSA) is 174 Å². The zero-order valence-corrected chi connectivity index (χ0v) is 13.6. The number of hydrogen-bond donors (Lipinski definition) is 4. The molecule has 5 N–H and O–H groups in total. The van der Waals surface area contributed by atoms with Gasteiger partial charge in [-0.2, -0.15) is 9.97 Å². The summed E-state index contributed by atoms with van der Waals surface area (Å²) in [6, 6.07) is 0. The van der Waals surface area contributed by atoms with Crippen LogP contribution < -0.4 is 5.73 Å². The van der Waals surface area contributed by atoms with Crippen molar-refractivity contribution in [1.82, 2.24) is 19.5 Å². The molecule has 2 aromatic heterocycles. The predicted octanol–water partition coefficient (Wildman–Crippen LogP) is 0.223. The van der Waals surface area contributed by atoms with E-state index in [9.17, 15) is 9.36 Å². The molecule has 0 aliphatic carbocycles. The lowest BCUT2D eigenvalue weighted by molar-refractivity contribution is -0.145. The highest BCUT2D eigenvalue weighted by Gasteiger charge is 2.36. The molecule has 0 saturated heterocycles. The number of anilines is 1. The van der Waals surface area contributed by atoms with Crippen molar-refractivity contribution >= 4 is 42.3 Å². The van der Waals surface area contributed by atoms with E-state index >= 15 is 0 Å². The minimum atomic E-state index is -4.89. The molecular weight excluding hydrogens is 365 g/mol. The number of aromatic nitrogens is 4. The molecule has 0 aromatic carbocycles. The van der Waals surface area contributed by atoms with Crippen molar-refractivity contribution < 1.29 is 29.0 Å². The van der Waals surface area contributed by atoms with E-state index in [-0.39, 0.29) is 24.3 Å². The molecule has 130 valence electrons. The van der Waals surface area contributed by atoms with Gasteiger partial charge < -0.3 is 29.9 Å². The molecule has 0 bridgehead atoms. The second-order valence-corrected chi connectivity index (χ2v) is 6.53. The largest absolute Gasteiger partial charge is 0.479 e. The predicted molar refractivity (Wildman–Crippen MR) is 83.3 cm³/mol. The van der Waals surface area contributed by atoms with Gasteiger partial charge in [0.25, 0.3) is 5.85 Å². The van der Waals surface area contributed by atoms with E-state index in [0.29, 0.717) is 11.2 Å². The molecule has 0 aliphatic heterocycles. The van der Waals surface area contributed by atoms with E-state index in [1.807, 2.05) is 0 Å². The van der Waals surface area contributed by atoms with Crippen LogP contribution in [-0.4, -0.2) is 52.8 Å². The van der Waals surface area contributed by atoms with E-state index in [2.05, 4.69) is 19.7 Å². The highest BCUT2D eigenvalue weighted by atomic mass is 35.5. The molecule has 0 spiro atoms. The quantitative estimate of drug-likeness (QED) is 0.297. The molecule has 0 amide bonds. The third-order valence-corrected chi connectivity index (χ3v) is 4.02. The lowest BCUT2D eigenvalue weighted by Crippen LogP contribution is -2.23. The Balaban J connectivity index is 2.00. The van der Waals surface area contributed by atoms with Crippen LogP contribution >= 0.6 is 19.2 Å². The van der Waals surface area contributed by atoms with Gasteiger partial charge in [-0.05, 0) is 0 Å². The summed E-state index contributed by atoms with van der Waals surface area (Å²) in [4.78, 5) is 40.3. The number of carboxylic acids is 1. The summed E-state index contributed by atoms with van der Waals surface area (Å²) in [6.07, 6.45) is 4.45. The van der Waals surface area contributed by atoms with Crippen molar-refractivity contribution in [3.8, 4) is 0 Å². The number of carbonyl (C=O) groups is 1. The van der Waals surface area contributed by atoms with Gasteiger partial charge in [-0.1, -0.05) is 23.8 Å². The van der Waals surface area contributed by atoms with Gasteiger partial charge >= 0.3 is 13.6 Å². The van der Waals surface area contributed by atoms with Gasteiger partial charge in [0.15, 0.2) is 10.8 Å². The first kappa shape index (κ1) is 18.3. The van der Waals surface area contributed by atoms with Crippen LogP contribution in [0.5, 0.6) is 0 Å². The number of rotatable bonds is 7. The number of fused-ring (bicyclic) bond motifs is 1. The molecule has 0 radical (unpaired) electrons. The van der Waals surface area contributed by atoms with E-state index in [0.717, 1.165) is 0 Å². The summed E-state index contributed by atoms with van der Waals surface area (Å²) >= 11 is 5.89. The van der Waals surface area contributed by atoms with Crippen molar-refractivity contribution in [3.05, 3.63) is 23.6 Å².